The van der Waals surface area contributed by atoms with Crippen LogP contribution in [0.2, 0.25) is 0 Å². The molecule has 2 fully saturated rings. The van der Waals surface area contributed by atoms with Gasteiger partial charge >= 0.3 is 0 Å². The smallest absolute Gasteiger partial charge is 0.226 e. The number of carbonyl (C=O) groups excluding carboxylic acids is 1. The van der Waals surface area contributed by atoms with E-state index in [9.17, 15) is 13.6 Å². The fourth-order valence-electron chi connectivity index (χ4n) is 3.41. The number of amides is 1. The molecule has 4 nitrogen and oxygen atoms in total. The molecule has 0 bridgehead atoms. The van der Waals surface area contributed by atoms with Crippen LogP contribution in [0.1, 0.15) is 44.9 Å². The number of nitrogens with zero attached hydrogens (tertiary/aromatic N) is 2. The van der Waals surface area contributed by atoms with Crippen LogP contribution in [0.3, 0.4) is 0 Å². The van der Waals surface area contributed by atoms with E-state index in [-0.39, 0.29) is 36.5 Å². The number of nitrogens with one attached hydrogen (secondary N) is 1. The molecule has 1 aromatic carbocycles. The molecule has 3 rings (SSSR count). The van der Waals surface area contributed by atoms with E-state index >= 15 is 0 Å². The van der Waals surface area contributed by atoms with E-state index in [1.807, 2.05) is 7.05 Å². The summed E-state index contributed by atoms with van der Waals surface area (Å²) in [5, 5.41) is 3.54. The first-order valence-electron chi connectivity index (χ1n) is 9.21. The summed E-state index contributed by atoms with van der Waals surface area (Å²) >= 11 is 1.68. The van der Waals surface area contributed by atoms with E-state index in [1.165, 1.54) is 31.7 Å². The molecular formula is C19H26ClF2N3OS. The summed E-state index contributed by atoms with van der Waals surface area (Å²) in [4.78, 5) is 19.2. The molecule has 1 saturated heterocycles. The Hall–Kier alpha value is -1.34. The fraction of sp³-hybridized carbons (Fsp3) is 0.579. The number of halogens is 3. The van der Waals surface area contributed by atoms with E-state index in [0.717, 1.165) is 35.9 Å². The minimum Gasteiger partial charge on any atom is -0.350 e. The van der Waals surface area contributed by atoms with Gasteiger partial charge in [0.05, 0.1) is 11.7 Å². The predicted molar refractivity (Wildman–Crippen MR) is 110 cm³/mol. The Balaban J connectivity index is 0.00000261. The number of carbonyl (C=O) groups is 1. The summed E-state index contributed by atoms with van der Waals surface area (Å²) in [5.41, 5.74) is 0.0112. The van der Waals surface area contributed by atoms with E-state index in [4.69, 9.17) is 4.99 Å². The van der Waals surface area contributed by atoms with Gasteiger partial charge in [-0.25, -0.2) is 8.78 Å². The maximum absolute atomic E-state index is 13.7. The first-order valence-corrected chi connectivity index (χ1v) is 10.2. The van der Waals surface area contributed by atoms with E-state index < -0.39 is 11.6 Å². The Morgan fingerprint density at radius 3 is 2.63 bits per heavy atom. The highest BCUT2D eigenvalue weighted by molar-refractivity contribution is 8.14. The van der Waals surface area contributed by atoms with Crippen LogP contribution in [0.15, 0.2) is 23.2 Å². The summed E-state index contributed by atoms with van der Waals surface area (Å²) in [6.45, 7) is 0. The van der Waals surface area contributed by atoms with Crippen LogP contribution in [0.4, 0.5) is 14.5 Å². The minimum atomic E-state index is -0.761. The zero-order valence-corrected chi connectivity index (χ0v) is 17.1. The van der Waals surface area contributed by atoms with Crippen molar-refractivity contribution < 1.29 is 13.6 Å². The van der Waals surface area contributed by atoms with Gasteiger partial charge in [-0.1, -0.05) is 37.4 Å². The van der Waals surface area contributed by atoms with Gasteiger partial charge in [-0.05, 0) is 25.0 Å². The van der Waals surface area contributed by atoms with Gasteiger partial charge in [0.1, 0.15) is 11.6 Å². The Bertz CT molecular complexity index is 681. The van der Waals surface area contributed by atoms with Crippen LogP contribution in [0.25, 0.3) is 0 Å². The molecular weight excluding hydrogens is 392 g/mol. The van der Waals surface area contributed by atoms with Gasteiger partial charge in [0.15, 0.2) is 5.17 Å². The van der Waals surface area contributed by atoms with Crippen LogP contribution in [-0.4, -0.2) is 40.9 Å². The number of rotatable bonds is 4. The Labute approximate surface area is 169 Å². The normalized spacial score (nSPS) is 22.4. The van der Waals surface area contributed by atoms with Crippen molar-refractivity contribution in [3.05, 3.63) is 29.8 Å². The van der Waals surface area contributed by atoms with Gasteiger partial charge in [-0.2, -0.15) is 0 Å². The van der Waals surface area contributed by atoms with Gasteiger partial charge < -0.3 is 10.2 Å². The molecule has 1 aliphatic carbocycles. The van der Waals surface area contributed by atoms with Crippen molar-refractivity contribution in [2.75, 3.05) is 18.1 Å². The van der Waals surface area contributed by atoms with Crippen molar-refractivity contribution in [3.8, 4) is 0 Å². The number of aliphatic imine (C=N–C) groups is 1. The highest BCUT2D eigenvalue weighted by Gasteiger charge is 2.30. The average molecular weight is 418 g/mol. The zero-order chi connectivity index (χ0) is 18.5. The standard InChI is InChI=1S/C19H25F2N3OS.ClH/c1-24-15(11-18(25)23-17-9-8-13(20)10-16(17)21)12-26-19(24)22-14-6-4-2-3-5-7-14;/h8-10,14-15H,2-7,11-12H2,1H3,(H,23,25);1H/b22-19-;. The van der Waals surface area contributed by atoms with Crippen molar-refractivity contribution >= 4 is 40.9 Å². The molecule has 2 aliphatic rings. The largest absolute Gasteiger partial charge is 0.350 e. The lowest BCUT2D eigenvalue weighted by Crippen LogP contribution is -2.34. The van der Waals surface area contributed by atoms with Crippen molar-refractivity contribution in [1.29, 1.82) is 0 Å². The zero-order valence-electron chi connectivity index (χ0n) is 15.4. The lowest BCUT2D eigenvalue weighted by molar-refractivity contribution is -0.116. The number of thioether (sulfide) groups is 1. The number of hydrogen-bond donors (Lipinski definition) is 1. The van der Waals surface area contributed by atoms with Crippen LogP contribution in [0, 0.1) is 11.6 Å². The lowest BCUT2D eigenvalue weighted by atomic mass is 10.1. The minimum absolute atomic E-state index is 0. The second kappa shape index (κ2) is 10.3. The molecule has 1 amide bonds. The molecule has 0 aromatic heterocycles. The van der Waals surface area contributed by atoms with Crippen LogP contribution in [0.5, 0.6) is 0 Å². The van der Waals surface area contributed by atoms with Crippen molar-refractivity contribution in [2.45, 2.75) is 57.0 Å². The maximum Gasteiger partial charge on any atom is 0.226 e. The highest BCUT2D eigenvalue weighted by atomic mass is 35.5. The molecule has 150 valence electrons. The number of benzene rings is 1. The molecule has 1 heterocycles. The summed E-state index contributed by atoms with van der Waals surface area (Å²) in [6, 6.07) is 3.57. The lowest BCUT2D eigenvalue weighted by Gasteiger charge is -2.21. The molecule has 1 aliphatic heterocycles. The van der Waals surface area contributed by atoms with E-state index in [1.54, 1.807) is 11.8 Å². The Morgan fingerprint density at radius 1 is 1.26 bits per heavy atom. The molecule has 1 N–H and O–H groups in total. The highest BCUT2D eigenvalue weighted by Crippen LogP contribution is 2.28. The quantitative estimate of drug-likeness (QED) is 0.713. The van der Waals surface area contributed by atoms with Crippen molar-refractivity contribution in [1.82, 2.24) is 4.90 Å². The Kier molecular flexibility index (Phi) is 8.35. The first-order chi connectivity index (χ1) is 12.5. The second-order valence-corrected chi connectivity index (χ2v) is 8.00. The monoisotopic (exact) mass is 417 g/mol. The third-order valence-corrected chi connectivity index (χ3v) is 6.20. The predicted octanol–water partition coefficient (Wildman–Crippen LogP) is 4.84. The third kappa shape index (κ3) is 6.07. The topological polar surface area (TPSA) is 44.7 Å². The second-order valence-electron chi connectivity index (χ2n) is 7.01. The molecule has 0 radical (unpaired) electrons. The van der Waals surface area contributed by atoms with E-state index in [2.05, 4.69) is 10.2 Å². The third-order valence-electron chi connectivity index (χ3n) is 5.00. The van der Waals surface area contributed by atoms with Gasteiger partial charge in [-0.15, -0.1) is 12.4 Å². The first kappa shape index (κ1) is 22.0. The summed E-state index contributed by atoms with van der Waals surface area (Å²) in [5.74, 6) is -0.903. The van der Waals surface area contributed by atoms with Crippen LogP contribution < -0.4 is 5.32 Å². The average Bonchev–Trinajstić information content (AvgIpc) is 2.80. The molecule has 1 unspecified atom stereocenters. The summed E-state index contributed by atoms with van der Waals surface area (Å²) < 4.78 is 26.6. The van der Waals surface area contributed by atoms with Crippen molar-refractivity contribution in [2.24, 2.45) is 4.99 Å². The molecule has 1 atom stereocenters. The van der Waals surface area contributed by atoms with Gasteiger partial charge in [0.25, 0.3) is 0 Å². The van der Waals surface area contributed by atoms with Crippen molar-refractivity contribution in [3.63, 3.8) is 0 Å². The molecule has 8 heteroatoms. The maximum atomic E-state index is 13.7. The summed E-state index contributed by atoms with van der Waals surface area (Å²) in [7, 11) is 1.96. The van der Waals surface area contributed by atoms with Crippen LogP contribution >= 0.6 is 24.2 Å². The molecule has 1 aromatic rings. The molecule has 1 saturated carbocycles. The van der Waals surface area contributed by atoms with Gasteiger partial charge in [0, 0.05) is 31.3 Å². The molecule has 0 spiro atoms. The summed E-state index contributed by atoms with van der Waals surface area (Å²) in [6.07, 6.45) is 7.62. The molecule has 27 heavy (non-hydrogen) atoms. The SMILES string of the molecule is CN1/C(=N/C2CCCCCC2)SCC1CC(=O)Nc1ccc(F)cc1F.Cl. The Morgan fingerprint density at radius 2 is 1.96 bits per heavy atom. The van der Waals surface area contributed by atoms with E-state index in [0.29, 0.717) is 6.04 Å². The number of anilines is 1. The number of hydrogen-bond acceptors (Lipinski definition) is 3. The fourth-order valence-corrected chi connectivity index (χ4v) is 4.67. The van der Waals surface area contributed by atoms with Crippen LogP contribution in [-0.2, 0) is 4.79 Å². The van der Waals surface area contributed by atoms with Gasteiger partial charge in [0.2, 0.25) is 5.91 Å². The van der Waals surface area contributed by atoms with Gasteiger partial charge in [-0.3, -0.25) is 9.79 Å². The number of amidine groups is 1.